The van der Waals surface area contributed by atoms with E-state index in [-0.39, 0.29) is 11.1 Å². The number of aromatic nitrogens is 1. The third kappa shape index (κ3) is 6.71. The lowest BCUT2D eigenvalue weighted by molar-refractivity contribution is 0.283. The number of benzene rings is 1. The SMILES string of the molecule is CCC(CO[SiH](C)C(C)(C)C)Nc1cc(C)nc(Oc2c(C)cc(C)cc2C)c1OC. The zero-order chi connectivity index (χ0) is 23.3. The molecule has 1 aromatic heterocycles. The molecule has 2 atom stereocenters. The minimum Gasteiger partial charge on any atom is -0.490 e. The Balaban J connectivity index is 2.30. The summed E-state index contributed by atoms with van der Waals surface area (Å²) < 4.78 is 18.3. The summed E-state index contributed by atoms with van der Waals surface area (Å²) in [5.41, 5.74) is 5.13. The van der Waals surface area contributed by atoms with Crippen LogP contribution in [-0.4, -0.2) is 33.8 Å². The standard InChI is InChI=1S/C25H40N2O3Si/c1-11-20(15-29-31(10)25(6,7)8)27-21-14-19(5)26-24(23(21)28-9)30-22-17(3)12-16(2)13-18(22)4/h12-14,20,31H,11,15H2,1-10H3,(H,26,27). The molecule has 5 nitrogen and oxygen atoms in total. The molecule has 0 aliphatic rings. The zero-order valence-electron chi connectivity index (χ0n) is 21.0. The molecule has 172 valence electrons. The summed E-state index contributed by atoms with van der Waals surface area (Å²) in [6.07, 6.45) is 0.947. The van der Waals surface area contributed by atoms with Crippen LogP contribution in [0.5, 0.6) is 17.4 Å². The molecule has 0 aliphatic carbocycles. The van der Waals surface area contributed by atoms with E-state index < -0.39 is 9.04 Å². The van der Waals surface area contributed by atoms with Gasteiger partial charge in [0.1, 0.15) is 5.75 Å². The van der Waals surface area contributed by atoms with E-state index in [4.69, 9.17) is 13.9 Å². The topological polar surface area (TPSA) is 52.6 Å². The molecule has 0 saturated carbocycles. The molecule has 31 heavy (non-hydrogen) atoms. The number of methoxy groups -OCH3 is 1. The fourth-order valence-electron chi connectivity index (χ4n) is 3.42. The Morgan fingerprint density at radius 1 is 1.03 bits per heavy atom. The van der Waals surface area contributed by atoms with Crippen LogP contribution in [0.1, 0.15) is 56.5 Å². The summed E-state index contributed by atoms with van der Waals surface area (Å²) in [5, 5.41) is 3.86. The number of hydrogen-bond acceptors (Lipinski definition) is 5. The fourth-order valence-corrected chi connectivity index (χ4v) is 4.44. The maximum Gasteiger partial charge on any atom is 0.265 e. The Morgan fingerprint density at radius 3 is 2.16 bits per heavy atom. The lowest BCUT2D eigenvalue weighted by Crippen LogP contribution is -2.33. The summed E-state index contributed by atoms with van der Waals surface area (Å²) in [7, 11) is 0.379. The van der Waals surface area contributed by atoms with Crippen LogP contribution < -0.4 is 14.8 Å². The Morgan fingerprint density at radius 2 is 1.65 bits per heavy atom. The Hall–Kier alpha value is -2.05. The summed E-state index contributed by atoms with van der Waals surface area (Å²) in [6.45, 7) is 20.1. The van der Waals surface area contributed by atoms with Gasteiger partial charge in [-0.05, 0) is 62.9 Å². The van der Waals surface area contributed by atoms with Crippen LogP contribution >= 0.6 is 0 Å². The molecule has 0 bridgehead atoms. The zero-order valence-corrected chi connectivity index (χ0v) is 22.1. The van der Waals surface area contributed by atoms with Gasteiger partial charge >= 0.3 is 0 Å². The van der Waals surface area contributed by atoms with Gasteiger partial charge in [0.05, 0.1) is 19.4 Å². The first-order valence-electron chi connectivity index (χ1n) is 11.2. The number of nitrogens with one attached hydrogen (secondary N) is 1. The van der Waals surface area contributed by atoms with Crippen molar-refractivity contribution in [1.29, 1.82) is 0 Å². The van der Waals surface area contributed by atoms with E-state index in [1.54, 1.807) is 7.11 Å². The van der Waals surface area contributed by atoms with Gasteiger partial charge < -0.3 is 19.2 Å². The van der Waals surface area contributed by atoms with Gasteiger partial charge in [0.2, 0.25) is 5.75 Å². The largest absolute Gasteiger partial charge is 0.490 e. The summed E-state index contributed by atoms with van der Waals surface area (Å²) in [4.78, 5) is 4.63. The van der Waals surface area contributed by atoms with Crippen LogP contribution in [0.2, 0.25) is 11.6 Å². The minimum atomic E-state index is -1.28. The van der Waals surface area contributed by atoms with Gasteiger partial charge in [-0.2, -0.15) is 0 Å². The van der Waals surface area contributed by atoms with Gasteiger partial charge in [-0.25, -0.2) is 4.98 Å². The Bertz CT molecular complexity index is 870. The Kier molecular flexibility index (Phi) is 8.54. The molecule has 0 fully saturated rings. The van der Waals surface area contributed by atoms with Crippen molar-refractivity contribution in [3.63, 3.8) is 0 Å². The summed E-state index contributed by atoms with van der Waals surface area (Å²) >= 11 is 0. The van der Waals surface area contributed by atoms with Crippen molar-refractivity contribution >= 4 is 14.7 Å². The van der Waals surface area contributed by atoms with Gasteiger partial charge in [0.25, 0.3) is 5.88 Å². The van der Waals surface area contributed by atoms with E-state index in [0.717, 1.165) is 34.7 Å². The number of nitrogens with zero attached hydrogens (tertiary/aromatic N) is 1. The van der Waals surface area contributed by atoms with E-state index in [0.29, 0.717) is 18.2 Å². The number of hydrogen-bond donors (Lipinski definition) is 1. The van der Waals surface area contributed by atoms with Crippen molar-refractivity contribution in [3.8, 4) is 17.4 Å². The quantitative estimate of drug-likeness (QED) is 0.449. The maximum atomic E-state index is 6.30. The molecule has 2 rings (SSSR count). The van der Waals surface area contributed by atoms with Crippen LogP contribution in [0.15, 0.2) is 18.2 Å². The van der Waals surface area contributed by atoms with Crippen LogP contribution in [0.3, 0.4) is 0 Å². The third-order valence-electron chi connectivity index (χ3n) is 5.70. The highest BCUT2D eigenvalue weighted by molar-refractivity contribution is 6.53. The van der Waals surface area contributed by atoms with E-state index in [9.17, 15) is 0 Å². The van der Waals surface area contributed by atoms with Crippen molar-refractivity contribution in [2.45, 2.75) is 79.4 Å². The number of aryl methyl sites for hydroxylation is 4. The number of ether oxygens (including phenoxy) is 2. The molecule has 0 amide bonds. The van der Waals surface area contributed by atoms with Crippen molar-refractivity contribution in [3.05, 3.63) is 40.6 Å². The summed E-state index contributed by atoms with van der Waals surface area (Å²) in [6, 6.07) is 6.43. The highest BCUT2D eigenvalue weighted by Crippen LogP contribution is 2.39. The molecule has 1 aromatic carbocycles. The number of anilines is 1. The highest BCUT2D eigenvalue weighted by Gasteiger charge is 2.24. The van der Waals surface area contributed by atoms with Crippen LogP contribution in [0.25, 0.3) is 0 Å². The molecule has 2 aromatic rings. The first-order valence-corrected chi connectivity index (χ1v) is 13.4. The lowest BCUT2D eigenvalue weighted by atomic mass is 10.1. The van der Waals surface area contributed by atoms with Crippen LogP contribution in [-0.2, 0) is 4.43 Å². The van der Waals surface area contributed by atoms with Crippen molar-refractivity contribution in [1.82, 2.24) is 4.98 Å². The van der Waals surface area contributed by atoms with Crippen molar-refractivity contribution < 1.29 is 13.9 Å². The van der Waals surface area contributed by atoms with Gasteiger partial charge in [-0.3, -0.25) is 0 Å². The second kappa shape index (κ2) is 10.5. The molecule has 1 N–H and O–H groups in total. The van der Waals surface area contributed by atoms with Gasteiger partial charge in [0.15, 0.2) is 9.04 Å². The predicted octanol–water partition coefficient (Wildman–Crippen LogP) is 6.48. The van der Waals surface area contributed by atoms with E-state index in [1.807, 2.05) is 13.0 Å². The molecular weight excluding hydrogens is 404 g/mol. The van der Waals surface area contributed by atoms with Gasteiger partial charge in [-0.1, -0.05) is 45.4 Å². The molecule has 2 unspecified atom stereocenters. The molecule has 0 spiro atoms. The third-order valence-corrected chi connectivity index (χ3v) is 8.83. The lowest BCUT2D eigenvalue weighted by Gasteiger charge is -2.28. The number of pyridine rings is 1. The molecular formula is C25H40N2O3Si. The average molecular weight is 445 g/mol. The molecule has 0 saturated heterocycles. The second-order valence-electron chi connectivity index (χ2n) is 9.57. The molecule has 1 heterocycles. The van der Waals surface area contributed by atoms with Crippen LogP contribution in [0.4, 0.5) is 5.69 Å². The predicted molar refractivity (Wildman–Crippen MR) is 133 cm³/mol. The average Bonchev–Trinajstić information content (AvgIpc) is 2.66. The van der Waals surface area contributed by atoms with Gasteiger partial charge in [-0.15, -0.1) is 0 Å². The second-order valence-corrected chi connectivity index (χ2v) is 12.9. The van der Waals surface area contributed by atoms with Gasteiger partial charge in [0, 0.05) is 11.7 Å². The van der Waals surface area contributed by atoms with Crippen molar-refractivity contribution in [2.75, 3.05) is 19.0 Å². The molecule has 6 heteroatoms. The highest BCUT2D eigenvalue weighted by atomic mass is 28.3. The smallest absolute Gasteiger partial charge is 0.265 e. The molecule has 0 aliphatic heterocycles. The van der Waals surface area contributed by atoms with Crippen molar-refractivity contribution in [2.24, 2.45) is 0 Å². The monoisotopic (exact) mass is 444 g/mol. The fraction of sp³-hybridized carbons (Fsp3) is 0.560. The number of rotatable bonds is 9. The normalized spacial score (nSPS) is 13.6. The maximum absolute atomic E-state index is 6.30. The minimum absolute atomic E-state index is 0.184. The Labute approximate surface area is 190 Å². The van der Waals surface area contributed by atoms with E-state index >= 15 is 0 Å². The first-order chi connectivity index (χ1) is 14.5. The first kappa shape index (κ1) is 25.2. The van der Waals surface area contributed by atoms with Crippen LogP contribution in [0, 0.1) is 27.7 Å². The molecule has 0 radical (unpaired) electrons. The summed E-state index contributed by atoms with van der Waals surface area (Å²) in [5.74, 6) is 1.92. The van der Waals surface area contributed by atoms with E-state index in [1.165, 1.54) is 5.56 Å². The van der Waals surface area contributed by atoms with E-state index in [2.05, 4.69) is 77.4 Å².